The highest BCUT2D eigenvalue weighted by molar-refractivity contribution is 6.02. The number of carbonyl (C=O) groups excluding carboxylic acids is 3. The van der Waals surface area contributed by atoms with E-state index in [1.165, 1.54) is 12.0 Å². The Balaban J connectivity index is 1.19. The number of nitrogens with zero attached hydrogens (tertiary/aromatic N) is 1. The van der Waals surface area contributed by atoms with Crippen molar-refractivity contribution < 1.29 is 28.6 Å². The second kappa shape index (κ2) is 10.5. The molecule has 7 rings (SSSR count). The zero-order chi connectivity index (χ0) is 29.0. The Labute approximate surface area is 245 Å². The van der Waals surface area contributed by atoms with Gasteiger partial charge in [0, 0.05) is 18.3 Å². The summed E-state index contributed by atoms with van der Waals surface area (Å²) in [5.74, 6) is -0.680. The maximum Gasteiger partial charge on any atom is 0.246 e. The van der Waals surface area contributed by atoms with Crippen LogP contribution >= 0.6 is 0 Å². The van der Waals surface area contributed by atoms with E-state index >= 15 is 0 Å². The first kappa shape index (κ1) is 27.0. The highest BCUT2D eigenvalue weighted by Crippen LogP contribution is 2.55. The number of nitrogens with one attached hydrogen (secondary N) is 2. The number of benzene rings is 2. The molecular formula is C33H37N3O6. The molecule has 9 nitrogen and oxygen atoms in total. The van der Waals surface area contributed by atoms with Crippen LogP contribution < -0.4 is 20.1 Å². The Morgan fingerprint density at radius 3 is 2.52 bits per heavy atom. The Bertz CT molecular complexity index is 1430. The summed E-state index contributed by atoms with van der Waals surface area (Å²) < 4.78 is 17.5. The van der Waals surface area contributed by atoms with Gasteiger partial charge in [-0.05, 0) is 54.2 Å². The molecule has 4 heterocycles. The number of likely N-dealkylation sites (tertiary alicyclic amines) is 1. The molecule has 4 aliphatic heterocycles. The van der Waals surface area contributed by atoms with Crippen molar-refractivity contribution in [3.63, 3.8) is 0 Å². The monoisotopic (exact) mass is 571 g/mol. The zero-order valence-corrected chi connectivity index (χ0v) is 24.0. The fourth-order valence-corrected chi connectivity index (χ4v) is 7.38. The number of anilines is 1. The third-order valence-electron chi connectivity index (χ3n) is 9.51. The van der Waals surface area contributed by atoms with Gasteiger partial charge >= 0.3 is 0 Å². The SMILES string of the molecule is CC(C)c1ccc(NC(=O)C2[C@H]3C=CC4(O3)C(C(=O)NC3CCCCC3)N(Cc3ccc5c(c3)OCO5)C(=O)[C@@H]24)cc1. The molecule has 5 atom stereocenters. The van der Waals surface area contributed by atoms with E-state index in [2.05, 4.69) is 24.5 Å². The molecule has 5 aliphatic rings. The van der Waals surface area contributed by atoms with Gasteiger partial charge < -0.3 is 29.7 Å². The third-order valence-corrected chi connectivity index (χ3v) is 9.51. The van der Waals surface area contributed by atoms with E-state index in [-0.39, 0.29) is 37.1 Å². The van der Waals surface area contributed by atoms with Crippen LogP contribution in [-0.2, 0) is 25.7 Å². The van der Waals surface area contributed by atoms with E-state index < -0.39 is 29.6 Å². The lowest BCUT2D eigenvalue weighted by Gasteiger charge is -2.34. The minimum atomic E-state index is -1.21. The van der Waals surface area contributed by atoms with Gasteiger partial charge in [-0.15, -0.1) is 0 Å². The normalized spacial score (nSPS) is 29.3. The molecule has 3 unspecified atom stereocenters. The lowest BCUT2D eigenvalue weighted by molar-refractivity contribution is -0.142. The van der Waals surface area contributed by atoms with Crippen LogP contribution in [0.1, 0.15) is 63.0 Å². The third kappa shape index (κ3) is 4.45. The standard InChI is InChI=1S/C33H37N3O6/c1-19(2)21-9-11-23(12-10-21)34-30(37)27-25-14-15-33(42-25)28(27)32(39)36(17-20-8-13-24-26(16-20)41-18-40-24)29(33)31(38)35-22-6-4-3-5-7-22/h8-16,19,22,25,27-29H,3-7,17-18H2,1-2H3,(H,34,37)(H,35,38)/t25-,27?,28-,29?,33?/m1/s1. The predicted octanol–water partition coefficient (Wildman–Crippen LogP) is 4.28. The first-order valence-corrected chi connectivity index (χ1v) is 15.1. The molecule has 3 fully saturated rings. The number of fused-ring (bicyclic) bond motifs is 2. The summed E-state index contributed by atoms with van der Waals surface area (Å²) in [5, 5.41) is 6.25. The van der Waals surface area contributed by atoms with E-state index in [0.717, 1.165) is 31.2 Å². The zero-order valence-electron chi connectivity index (χ0n) is 24.0. The Morgan fingerprint density at radius 1 is 1.00 bits per heavy atom. The molecule has 2 aromatic carbocycles. The fraction of sp³-hybridized carbons (Fsp3) is 0.485. The molecule has 1 aliphatic carbocycles. The first-order valence-electron chi connectivity index (χ1n) is 15.1. The van der Waals surface area contributed by atoms with E-state index in [4.69, 9.17) is 14.2 Å². The van der Waals surface area contributed by atoms with Gasteiger partial charge in [0.15, 0.2) is 11.5 Å². The Morgan fingerprint density at radius 2 is 1.76 bits per heavy atom. The van der Waals surface area contributed by atoms with Gasteiger partial charge in [0.1, 0.15) is 11.6 Å². The van der Waals surface area contributed by atoms with Gasteiger partial charge in [-0.3, -0.25) is 14.4 Å². The fourth-order valence-electron chi connectivity index (χ4n) is 7.38. The van der Waals surface area contributed by atoms with Crippen LogP contribution in [0.4, 0.5) is 5.69 Å². The van der Waals surface area contributed by atoms with Crippen LogP contribution in [-0.4, -0.2) is 53.2 Å². The molecule has 2 N–H and O–H groups in total. The maximum atomic E-state index is 14.3. The quantitative estimate of drug-likeness (QED) is 0.481. The highest BCUT2D eigenvalue weighted by atomic mass is 16.7. The molecule has 0 aromatic heterocycles. The molecular weight excluding hydrogens is 534 g/mol. The van der Waals surface area contributed by atoms with Crippen LogP contribution in [0.3, 0.4) is 0 Å². The summed E-state index contributed by atoms with van der Waals surface area (Å²) in [4.78, 5) is 43.7. The number of carbonyl (C=O) groups is 3. The molecule has 0 radical (unpaired) electrons. The smallest absolute Gasteiger partial charge is 0.246 e. The number of hydrogen-bond donors (Lipinski definition) is 2. The van der Waals surface area contributed by atoms with Crippen molar-refractivity contribution in [2.45, 2.75) is 82.2 Å². The molecule has 2 saturated heterocycles. The van der Waals surface area contributed by atoms with E-state index in [1.807, 2.05) is 54.6 Å². The molecule has 3 amide bonds. The second-order valence-electron chi connectivity index (χ2n) is 12.5. The molecule has 220 valence electrons. The van der Waals surface area contributed by atoms with Crippen molar-refractivity contribution >= 4 is 23.4 Å². The topological polar surface area (TPSA) is 106 Å². The molecule has 1 spiro atoms. The largest absolute Gasteiger partial charge is 0.454 e. The molecule has 2 bridgehead atoms. The summed E-state index contributed by atoms with van der Waals surface area (Å²) in [5.41, 5.74) is 1.44. The summed E-state index contributed by atoms with van der Waals surface area (Å²) >= 11 is 0. The molecule has 2 aromatic rings. The average Bonchev–Trinajstić information content (AvgIpc) is 3.75. The molecule has 42 heavy (non-hydrogen) atoms. The van der Waals surface area contributed by atoms with Crippen molar-refractivity contribution in [2.75, 3.05) is 12.1 Å². The highest BCUT2D eigenvalue weighted by Gasteiger charge is 2.72. The summed E-state index contributed by atoms with van der Waals surface area (Å²) in [6.45, 7) is 4.57. The van der Waals surface area contributed by atoms with E-state index in [0.29, 0.717) is 23.1 Å². The average molecular weight is 572 g/mol. The number of hydrogen-bond acceptors (Lipinski definition) is 6. The minimum Gasteiger partial charge on any atom is -0.454 e. The van der Waals surface area contributed by atoms with Crippen LogP contribution in [0.15, 0.2) is 54.6 Å². The lowest BCUT2D eigenvalue weighted by Crippen LogP contribution is -2.56. The van der Waals surface area contributed by atoms with Gasteiger partial charge in [0.25, 0.3) is 0 Å². The van der Waals surface area contributed by atoms with Crippen molar-refractivity contribution in [3.05, 3.63) is 65.7 Å². The first-order chi connectivity index (χ1) is 20.3. The van der Waals surface area contributed by atoms with E-state index in [9.17, 15) is 14.4 Å². The number of amides is 3. The van der Waals surface area contributed by atoms with Gasteiger partial charge in [-0.25, -0.2) is 0 Å². The molecule has 9 heteroatoms. The van der Waals surface area contributed by atoms with E-state index in [1.54, 1.807) is 4.90 Å². The number of ether oxygens (including phenoxy) is 3. The van der Waals surface area contributed by atoms with Crippen molar-refractivity contribution in [1.82, 2.24) is 10.2 Å². The maximum absolute atomic E-state index is 14.3. The Hall–Kier alpha value is -3.85. The predicted molar refractivity (Wildman–Crippen MR) is 155 cm³/mol. The van der Waals surface area contributed by atoms with Crippen LogP contribution in [0.25, 0.3) is 0 Å². The summed E-state index contributed by atoms with van der Waals surface area (Å²) in [7, 11) is 0. The summed E-state index contributed by atoms with van der Waals surface area (Å²) in [6, 6.07) is 12.5. The minimum absolute atomic E-state index is 0.0692. The van der Waals surface area contributed by atoms with Crippen molar-refractivity contribution in [1.29, 1.82) is 0 Å². The van der Waals surface area contributed by atoms with Crippen molar-refractivity contribution in [3.8, 4) is 11.5 Å². The van der Waals surface area contributed by atoms with Gasteiger partial charge in [-0.2, -0.15) is 0 Å². The van der Waals surface area contributed by atoms with Gasteiger partial charge in [0.05, 0.1) is 17.9 Å². The number of rotatable bonds is 7. The summed E-state index contributed by atoms with van der Waals surface area (Å²) in [6.07, 6.45) is 8.28. The second-order valence-corrected chi connectivity index (χ2v) is 12.5. The Kier molecular flexibility index (Phi) is 6.72. The molecule has 1 saturated carbocycles. The van der Waals surface area contributed by atoms with Gasteiger partial charge in [-0.1, -0.05) is 63.5 Å². The van der Waals surface area contributed by atoms with Crippen LogP contribution in [0, 0.1) is 11.8 Å². The van der Waals surface area contributed by atoms with Crippen LogP contribution in [0.5, 0.6) is 11.5 Å². The van der Waals surface area contributed by atoms with Gasteiger partial charge in [0.2, 0.25) is 24.5 Å². The van der Waals surface area contributed by atoms with Crippen molar-refractivity contribution in [2.24, 2.45) is 11.8 Å². The lowest BCUT2D eigenvalue weighted by atomic mass is 9.74. The van der Waals surface area contributed by atoms with Crippen LogP contribution in [0.2, 0.25) is 0 Å².